The summed E-state index contributed by atoms with van der Waals surface area (Å²) in [4.78, 5) is 126. The fraction of sp³-hybridized carbons (Fsp3) is 0.440. The van der Waals surface area contributed by atoms with E-state index in [4.69, 9.17) is 28.7 Å². The van der Waals surface area contributed by atoms with E-state index in [9.17, 15) is 48.3 Å². The van der Waals surface area contributed by atoms with Crippen LogP contribution < -0.4 is 60.6 Å². The van der Waals surface area contributed by atoms with Gasteiger partial charge in [0.2, 0.25) is 53.2 Å². The Balaban J connectivity index is 1.56. The largest absolute Gasteiger partial charge is 0.508 e. The van der Waals surface area contributed by atoms with Crippen LogP contribution in [0.4, 0.5) is 0 Å². The second-order valence-corrected chi connectivity index (χ2v) is 18.3. The number of hydrogen-bond acceptors (Lipinski definition) is 12. The Morgan fingerprint density at radius 2 is 1.18 bits per heavy atom. The molecule has 7 atom stereocenters. The Hall–Kier alpha value is -8.08. The zero-order valence-corrected chi connectivity index (χ0v) is 41.1. The van der Waals surface area contributed by atoms with E-state index in [1.807, 2.05) is 13.8 Å². The van der Waals surface area contributed by atoms with Gasteiger partial charge < -0.3 is 70.6 Å². The number of nitrogens with one attached hydrogen (secondary N) is 6. The number of nitrogens with zero attached hydrogens (tertiary/aromatic N) is 2. The monoisotopic (exact) mass is 1010 g/mol. The standard InChI is InChI=1S/C50H69N13O10/c1-29(2)23-37(61-47(71)38(25-30-11-5-3-6-12-30)60-44(68)34(51)24-32-17-19-33(64)20-18-32)45(69)62-39(26-31-13-7-4-8-14-31)46(70)59-35(15-9-21-56-50(54)55)49(73)63-22-10-16-40(63)48(72)57-28-42(66)58-36(43(53)67)27-41(52)65/h3-8,11-14,17-20,29,34-40,64H,9-10,15-16,21-28,51H2,1-2H3,(H2,52,65)(H2,53,67)(H,57,72)(H,58,66)(H,59,70)(H,60,68)(H,61,71)(H,62,69)(H4,54,55,56)/t34-,35-,36-,37-,38-,39-,40-/m0/s1. The van der Waals surface area contributed by atoms with Crippen molar-refractivity contribution in [1.29, 1.82) is 0 Å². The number of carbonyl (C=O) groups is 9. The van der Waals surface area contributed by atoms with Gasteiger partial charge in [0.05, 0.1) is 19.0 Å². The van der Waals surface area contributed by atoms with Crippen molar-refractivity contribution >= 4 is 59.1 Å². The van der Waals surface area contributed by atoms with Crippen LogP contribution in [0.2, 0.25) is 0 Å². The maximum atomic E-state index is 14.6. The van der Waals surface area contributed by atoms with Crippen LogP contribution in [0.3, 0.4) is 0 Å². The maximum absolute atomic E-state index is 14.6. The van der Waals surface area contributed by atoms with Crippen LogP contribution in [0.15, 0.2) is 89.9 Å². The smallest absolute Gasteiger partial charge is 0.245 e. The summed E-state index contributed by atoms with van der Waals surface area (Å²) in [6.07, 6.45) is 0.461. The van der Waals surface area contributed by atoms with Gasteiger partial charge in [-0.3, -0.25) is 48.1 Å². The summed E-state index contributed by atoms with van der Waals surface area (Å²) in [5.41, 5.74) is 29.8. The van der Waals surface area contributed by atoms with Crippen LogP contribution in [-0.2, 0) is 62.4 Å². The van der Waals surface area contributed by atoms with Gasteiger partial charge in [-0.25, -0.2) is 0 Å². The third-order valence-corrected chi connectivity index (χ3v) is 11.8. The number of amides is 9. The number of benzene rings is 3. The molecule has 23 heteroatoms. The third kappa shape index (κ3) is 19.6. The number of aliphatic imine (C=N–C) groups is 1. The molecule has 9 amide bonds. The van der Waals surface area contributed by atoms with E-state index in [0.717, 1.165) is 0 Å². The van der Waals surface area contributed by atoms with Gasteiger partial charge in [-0.2, -0.15) is 0 Å². The predicted molar refractivity (Wildman–Crippen MR) is 270 cm³/mol. The van der Waals surface area contributed by atoms with Crippen LogP contribution in [0.1, 0.15) is 69.1 Å². The molecule has 1 fully saturated rings. The van der Waals surface area contributed by atoms with Gasteiger partial charge in [0, 0.05) is 25.9 Å². The molecule has 23 nitrogen and oxygen atoms in total. The molecule has 0 aliphatic carbocycles. The van der Waals surface area contributed by atoms with Crippen molar-refractivity contribution in [2.45, 2.75) is 114 Å². The average molecular weight is 1010 g/mol. The van der Waals surface area contributed by atoms with Crippen LogP contribution in [0.5, 0.6) is 5.75 Å². The lowest BCUT2D eigenvalue weighted by atomic mass is 9.99. The fourth-order valence-corrected chi connectivity index (χ4v) is 8.11. The number of aromatic hydroxyl groups is 1. The van der Waals surface area contributed by atoms with Crippen LogP contribution in [-0.4, -0.2) is 131 Å². The Labute approximate surface area is 423 Å². The topological polar surface area (TPSA) is 392 Å². The van der Waals surface area contributed by atoms with Gasteiger partial charge in [0.15, 0.2) is 5.96 Å². The van der Waals surface area contributed by atoms with Crippen molar-refractivity contribution < 1.29 is 48.3 Å². The van der Waals surface area contributed by atoms with Gasteiger partial charge in [-0.05, 0) is 73.3 Å². The summed E-state index contributed by atoms with van der Waals surface area (Å²) >= 11 is 0. The molecule has 1 aliphatic rings. The summed E-state index contributed by atoms with van der Waals surface area (Å²) < 4.78 is 0. The molecule has 1 heterocycles. The molecule has 3 aromatic rings. The fourth-order valence-electron chi connectivity index (χ4n) is 8.11. The number of primary amides is 2. The van der Waals surface area contributed by atoms with Gasteiger partial charge in [-0.1, -0.05) is 86.6 Å². The number of carbonyl (C=O) groups excluding carboxylic acids is 9. The van der Waals surface area contributed by atoms with Gasteiger partial charge >= 0.3 is 0 Å². The van der Waals surface area contributed by atoms with Crippen molar-refractivity contribution in [2.75, 3.05) is 19.6 Å². The van der Waals surface area contributed by atoms with E-state index in [-0.39, 0.29) is 75.7 Å². The highest BCUT2D eigenvalue weighted by Crippen LogP contribution is 2.21. The molecule has 73 heavy (non-hydrogen) atoms. The van der Waals surface area contributed by atoms with E-state index in [1.165, 1.54) is 17.0 Å². The molecule has 0 saturated carbocycles. The maximum Gasteiger partial charge on any atom is 0.245 e. The van der Waals surface area contributed by atoms with E-state index < -0.39 is 108 Å². The number of hydrogen-bond donors (Lipinski definition) is 12. The zero-order valence-electron chi connectivity index (χ0n) is 41.1. The summed E-state index contributed by atoms with van der Waals surface area (Å²) in [5, 5.41) is 25.5. The molecule has 394 valence electrons. The Kier molecular flexibility index (Phi) is 22.6. The number of phenolic OH excluding ortho intramolecular Hbond substituents is 1. The molecule has 0 unspecified atom stereocenters. The Morgan fingerprint density at radius 1 is 0.658 bits per heavy atom. The molecule has 1 aliphatic heterocycles. The highest BCUT2D eigenvalue weighted by molar-refractivity contribution is 5.98. The SMILES string of the molecule is CC(C)C[C@H](NC(=O)[C@H](Cc1ccccc1)NC(=O)[C@@H](N)Cc1ccc(O)cc1)C(=O)N[C@@H](Cc1ccccc1)C(=O)N[C@@H](CCCN=C(N)N)C(=O)N1CCC[C@H]1C(=O)NCC(=O)N[C@@H](CC(N)=O)C(N)=O. The van der Waals surface area contributed by atoms with Gasteiger partial charge in [0.25, 0.3) is 0 Å². The lowest BCUT2D eigenvalue weighted by Gasteiger charge is -2.30. The molecular formula is C50H69N13O10. The quantitative estimate of drug-likeness (QED) is 0.0208. The van der Waals surface area contributed by atoms with Crippen molar-refractivity contribution in [1.82, 2.24) is 36.8 Å². The Bertz CT molecular complexity index is 2400. The molecule has 0 radical (unpaired) electrons. The molecule has 0 bridgehead atoms. The first-order valence-corrected chi connectivity index (χ1v) is 24.0. The molecular weight excluding hydrogens is 943 g/mol. The van der Waals surface area contributed by atoms with E-state index in [1.54, 1.807) is 72.8 Å². The Morgan fingerprint density at radius 3 is 1.71 bits per heavy atom. The lowest BCUT2D eigenvalue weighted by molar-refractivity contribution is -0.142. The van der Waals surface area contributed by atoms with Crippen LogP contribution in [0.25, 0.3) is 0 Å². The normalized spacial score (nSPS) is 15.5. The zero-order chi connectivity index (χ0) is 53.6. The second kappa shape index (κ2) is 28.7. The summed E-state index contributed by atoms with van der Waals surface area (Å²) in [7, 11) is 0. The summed E-state index contributed by atoms with van der Waals surface area (Å²) in [6, 6.07) is 15.4. The number of guanidine groups is 1. The molecule has 3 aromatic carbocycles. The molecule has 1 saturated heterocycles. The van der Waals surface area contributed by atoms with Crippen molar-refractivity contribution in [2.24, 2.45) is 39.6 Å². The highest BCUT2D eigenvalue weighted by atomic mass is 16.3. The number of nitrogens with two attached hydrogens (primary N) is 5. The average Bonchev–Trinajstić information content (AvgIpc) is 3.84. The molecule has 17 N–H and O–H groups in total. The third-order valence-electron chi connectivity index (χ3n) is 11.8. The number of phenols is 1. The number of likely N-dealkylation sites (tertiary alicyclic amines) is 1. The van der Waals surface area contributed by atoms with E-state index in [2.05, 4.69) is 36.9 Å². The molecule has 0 aromatic heterocycles. The van der Waals surface area contributed by atoms with Gasteiger partial charge in [0.1, 0.15) is 42.0 Å². The highest BCUT2D eigenvalue weighted by Gasteiger charge is 2.39. The predicted octanol–water partition coefficient (Wildman–Crippen LogP) is -2.26. The van der Waals surface area contributed by atoms with E-state index >= 15 is 0 Å². The van der Waals surface area contributed by atoms with Crippen molar-refractivity contribution in [3.05, 3.63) is 102 Å². The minimum absolute atomic E-state index is 0.00583. The first-order chi connectivity index (χ1) is 34.7. The minimum Gasteiger partial charge on any atom is -0.508 e. The number of rotatable bonds is 28. The van der Waals surface area contributed by atoms with Gasteiger partial charge in [-0.15, -0.1) is 0 Å². The molecule has 0 spiro atoms. The summed E-state index contributed by atoms with van der Waals surface area (Å²) in [6.45, 7) is 3.26. The first kappa shape index (κ1) is 57.5. The van der Waals surface area contributed by atoms with Crippen LogP contribution in [0, 0.1) is 5.92 Å². The summed E-state index contributed by atoms with van der Waals surface area (Å²) in [5.74, 6) is -7.19. The van der Waals surface area contributed by atoms with Crippen molar-refractivity contribution in [3.8, 4) is 5.75 Å². The molecule has 4 rings (SSSR count). The van der Waals surface area contributed by atoms with E-state index in [0.29, 0.717) is 23.1 Å². The second-order valence-electron chi connectivity index (χ2n) is 18.3. The lowest BCUT2D eigenvalue weighted by Crippen LogP contribution is -2.60. The van der Waals surface area contributed by atoms with Crippen molar-refractivity contribution in [3.63, 3.8) is 0 Å². The van der Waals surface area contributed by atoms with Crippen LogP contribution >= 0.6 is 0 Å². The minimum atomic E-state index is -1.41. The first-order valence-electron chi connectivity index (χ1n) is 24.0.